The number of aromatic hydroxyl groups is 1. The quantitative estimate of drug-likeness (QED) is 0.530. The molecule has 30 heavy (non-hydrogen) atoms. The average Bonchev–Trinajstić information content (AvgIpc) is 2.77. The Bertz CT molecular complexity index is 1020. The van der Waals surface area contributed by atoms with Crippen LogP contribution in [0.4, 0.5) is 5.69 Å². The molecule has 8 nitrogen and oxygen atoms in total. The number of benzene rings is 1. The topological polar surface area (TPSA) is 113 Å². The van der Waals surface area contributed by atoms with Gasteiger partial charge in [-0.05, 0) is 48.4 Å². The molecule has 0 aliphatic heterocycles. The number of ether oxygens (including phenoxy) is 1. The fourth-order valence-corrected chi connectivity index (χ4v) is 2.62. The summed E-state index contributed by atoms with van der Waals surface area (Å²) in [5.74, 6) is -0.576. The van der Waals surface area contributed by atoms with E-state index in [9.17, 15) is 14.7 Å². The predicted molar refractivity (Wildman–Crippen MR) is 111 cm³/mol. The molecule has 0 saturated carbocycles. The summed E-state index contributed by atoms with van der Waals surface area (Å²) in [5, 5.41) is 15.2. The van der Waals surface area contributed by atoms with E-state index in [2.05, 4.69) is 20.6 Å². The summed E-state index contributed by atoms with van der Waals surface area (Å²) < 4.78 is 5.57. The maximum Gasteiger partial charge on any atom is 0.278 e. The second kappa shape index (κ2) is 10.0. The largest absolute Gasteiger partial charge is 0.505 e. The highest BCUT2D eigenvalue weighted by Gasteiger charge is 2.14. The fraction of sp³-hybridized carbons (Fsp3) is 0.182. The van der Waals surface area contributed by atoms with Crippen molar-refractivity contribution in [2.45, 2.75) is 19.9 Å². The molecule has 3 aromatic rings. The van der Waals surface area contributed by atoms with Crippen molar-refractivity contribution in [3.05, 3.63) is 77.9 Å². The lowest BCUT2D eigenvalue weighted by molar-refractivity contribution is 0.0940. The number of rotatable bonds is 8. The lowest BCUT2D eigenvalue weighted by atomic mass is 10.2. The molecule has 2 amide bonds. The molecule has 3 N–H and O–H groups in total. The molecule has 2 aromatic heterocycles. The van der Waals surface area contributed by atoms with Gasteiger partial charge in [0.05, 0.1) is 6.61 Å². The fourth-order valence-electron chi connectivity index (χ4n) is 2.62. The number of amides is 2. The van der Waals surface area contributed by atoms with Gasteiger partial charge in [0.15, 0.2) is 17.1 Å². The van der Waals surface area contributed by atoms with Gasteiger partial charge in [-0.2, -0.15) is 0 Å². The minimum absolute atomic E-state index is 0.0507. The summed E-state index contributed by atoms with van der Waals surface area (Å²) in [6.07, 6.45) is 3.81. The Morgan fingerprint density at radius 2 is 1.67 bits per heavy atom. The minimum Gasteiger partial charge on any atom is -0.505 e. The van der Waals surface area contributed by atoms with Crippen LogP contribution in [0, 0.1) is 0 Å². The van der Waals surface area contributed by atoms with Gasteiger partial charge in [0, 0.05) is 24.6 Å². The van der Waals surface area contributed by atoms with Gasteiger partial charge < -0.3 is 20.5 Å². The third-order valence-corrected chi connectivity index (χ3v) is 4.11. The highest BCUT2D eigenvalue weighted by atomic mass is 16.5. The molecule has 0 atom stereocenters. The first-order valence-electron chi connectivity index (χ1n) is 9.48. The van der Waals surface area contributed by atoms with Gasteiger partial charge in [-0.15, -0.1) is 0 Å². The summed E-state index contributed by atoms with van der Waals surface area (Å²) in [4.78, 5) is 32.6. The first-order chi connectivity index (χ1) is 14.6. The Morgan fingerprint density at radius 1 is 0.967 bits per heavy atom. The average molecular weight is 406 g/mol. The third kappa shape index (κ3) is 5.32. The summed E-state index contributed by atoms with van der Waals surface area (Å²) in [5.41, 5.74) is 1.57. The number of hydrogen-bond acceptors (Lipinski definition) is 6. The Labute approximate surface area is 174 Å². The van der Waals surface area contributed by atoms with Crippen LogP contribution in [0.15, 0.2) is 60.9 Å². The molecule has 0 spiro atoms. The van der Waals surface area contributed by atoms with Crippen LogP contribution in [0.25, 0.3) is 0 Å². The van der Waals surface area contributed by atoms with Crippen LogP contribution in [0.3, 0.4) is 0 Å². The third-order valence-electron chi connectivity index (χ3n) is 4.11. The summed E-state index contributed by atoms with van der Waals surface area (Å²) >= 11 is 0. The summed E-state index contributed by atoms with van der Waals surface area (Å²) in [6, 6.07) is 13.3. The Hall–Kier alpha value is -3.94. The van der Waals surface area contributed by atoms with Crippen molar-refractivity contribution in [1.82, 2.24) is 15.3 Å². The van der Waals surface area contributed by atoms with E-state index < -0.39 is 5.91 Å². The predicted octanol–water partition coefficient (Wildman–Crippen LogP) is 3.15. The first kappa shape index (κ1) is 20.8. The molecule has 0 saturated heterocycles. The van der Waals surface area contributed by atoms with Crippen molar-refractivity contribution in [3.8, 4) is 11.5 Å². The van der Waals surface area contributed by atoms with Crippen molar-refractivity contribution >= 4 is 17.5 Å². The number of carbonyl (C=O) groups excluding carboxylic acids is 2. The normalized spacial score (nSPS) is 10.3. The Balaban J connectivity index is 1.58. The molecule has 0 bridgehead atoms. The maximum atomic E-state index is 12.5. The van der Waals surface area contributed by atoms with Crippen LogP contribution in [-0.2, 0) is 6.54 Å². The van der Waals surface area contributed by atoms with E-state index in [1.807, 2.05) is 6.92 Å². The van der Waals surface area contributed by atoms with Gasteiger partial charge in [-0.1, -0.05) is 19.1 Å². The van der Waals surface area contributed by atoms with Gasteiger partial charge in [-0.25, -0.2) is 9.97 Å². The first-order valence-corrected chi connectivity index (χ1v) is 9.48. The van der Waals surface area contributed by atoms with Gasteiger partial charge in [0.2, 0.25) is 0 Å². The summed E-state index contributed by atoms with van der Waals surface area (Å²) in [7, 11) is 0. The molecule has 1 aromatic carbocycles. The van der Waals surface area contributed by atoms with Crippen LogP contribution < -0.4 is 15.4 Å². The maximum absolute atomic E-state index is 12.5. The molecule has 3 rings (SSSR count). The smallest absolute Gasteiger partial charge is 0.278 e. The number of anilines is 1. The molecule has 8 heteroatoms. The van der Waals surface area contributed by atoms with Crippen LogP contribution in [0.1, 0.15) is 39.9 Å². The van der Waals surface area contributed by atoms with Crippen LogP contribution in [0.5, 0.6) is 11.5 Å². The zero-order chi connectivity index (χ0) is 21.3. The van der Waals surface area contributed by atoms with Crippen LogP contribution in [-0.4, -0.2) is 33.5 Å². The number of nitrogens with one attached hydrogen (secondary N) is 2. The number of pyridine rings is 2. The van der Waals surface area contributed by atoms with Crippen LogP contribution >= 0.6 is 0 Å². The van der Waals surface area contributed by atoms with Crippen molar-refractivity contribution < 1.29 is 19.4 Å². The van der Waals surface area contributed by atoms with Gasteiger partial charge in [-0.3, -0.25) is 9.59 Å². The molecular formula is C22H22N4O4. The van der Waals surface area contributed by atoms with Gasteiger partial charge in [0.25, 0.3) is 11.8 Å². The molecule has 0 aliphatic carbocycles. The number of nitrogens with zero attached hydrogens (tertiary/aromatic N) is 2. The second-order valence-corrected chi connectivity index (χ2v) is 6.40. The molecular weight excluding hydrogens is 384 g/mol. The van der Waals surface area contributed by atoms with Gasteiger partial charge in [0.1, 0.15) is 5.75 Å². The van der Waals surface area contributed by atoms with Crippen molar-refractivity contribution in [2.75, 3.05) is 11.9 Å². The monoisotopic (exact) mass is 406 g/mol. The number of aromatic nitrogens is 2. The lowest BCUT2D eigenvalue weighted by Crippen LogP contribution is -2.24. The zero-order valence-electron chi connectivity index (χ0n) is 16.5. The number of hydrogen-bond donors (Lipinski definition) is 3. The van der Waals surface area contributed by atoms with E-state index in [0.717, 1.165) is 12.0 Å². The van der Waals surface area contributed by atoms with E-state index in [4.69, 9.17) is 4.74 Å². The van der Waals surface area contributed by atoms with E-state index in [0.29, 0.717) is 18.0 Å². The molecule has 0 radical (unpaired) electrons. The highest BCUT2D eigenvalue weighted by molar-refractivity contribution is 6.04. The van der Waals surface area contributed by atoms with E-state index in [1.165, 1.54) is 12.3 Å². The molecule has 0 unspecified atom stereocenters. The van der Waals surface area contributed by atoms with Crippen molar-refractivity contribution in [2.24, 2.45) is 0 Å². The molecule has 0 fully saturated rings. The highest BCUT2D eigenvalue weighted by Crippen LogP contribution is 2.17. The molecule has 2 heterocycles. The van der Waals surface area contributed by atoms with Crippen molar-refractivity contribution in [1.29, 1.82) is 0 Å². The van der Waals surface area contributed by atoms with E-state index in [-0.39, 0.29) is 29.6 Å². The zero-order valence-corrected chi connectivity index (χ0v) is 16.5. The second-order valence-electron chi connectivity index (χ2n) is 6.40. The standard InChI is InChI=1S/C22H22N4O4/c1-2-13-30-18-6-4-12-24-20(18)21(28)25-14-15-7-9-16(10-8-15)26-22(29)19-17(27)5-3-11-23-19/h3-12,27H,2,13-14H2,1H3,(H,25,28)(H,26,29). The van der Waals surface area contributed by atoms with Crippen LogP contribution in [0.2, 0.25) is 0 Å². The SMILES string of the molecule is CCCOc1cccnc1C(=O)NCc1ccc(NC(=O)c2ncccc2O)cc1. The number of carbonyl (C=O) groups is 2. The Morgan fingerprint density at radius 3 is 2.37 bits per heavy atom. The molecule has 0 aliphatic rings. The molecule has 154 valence electrons. The minimum atomic E-state index is -0.510. The van der Waals surface area contributed by atoms with E-state index in [1.54, 1.807) is 48.7 Å². The van der Waals surface area contributed by atoms with E-state index >= 15 is 0 Å². The Kier molecular flexibility index (Phi) is 6.94. The van der Waals surface area contributed by atoms with Gasteiger partial charge >= 0.3 is 0 Å². The lowest BCUT2D eigenvalue weighted by Gasteiger charge is -2.11. The summed E-state index contributed by atoms with van der Waals surface area (Å²) in [6.45, 7) is 2.79. The van der Waals surface area contributed by atoms with Crippen molar-refractivity contribution in [3.63, 3.8) is 0 Å².